The van der Waals surface area contributed by atoms with E-state index in [1.807, 2.05) is 18.2 Å². The zero-order chi connectivity index (χ0) is 22.7. The predicted molar refractivity (Wildman–Crippen MR) is 127 cm³/mol. The Morgan fingerprint density at radius 3 is 2.45 bits per heavy atom. The SMILES string of the molecule is O=C(O)c1ccc(N2CC3C(C=Cc4c(-c5c(Cl)cccc5Cl)noc4C4CC4)C3C2)nc1. The zero-order valence-corrected chi connectivity index (χ0v) is 19.1. The van der Waals surface area contributed by atoms with Crippen molar-refractivity contribution < 1.29 is 14.4 Å². The van der Waals surface area contributed by atoms with Crippen molar-refractivity contribution in [2.45, 2.75) is 18.8 Å². The minimum absolute atomic E-state index is 0.207. The van der Waals surface area contributed by atoms with Crippen LogP contribution in [0.2, 0.25) is 10.0 Å². The van der Waals surface area contributed by atoms with Crippen LogP contribution < -0.4 is 4.90 Å². The third-order valence-corrected chi connectivity index (χ3v) is 7.60. The summed E-state index contributed by atoms with van der Waals surface area (Å²) in [6, 6.07) is 8.86. The Morgan fingerprint density at radius 1 is 1.12 bits per heavy atom. The molecular formula is C25H21Cl2N3O3. The molecule has 8 heteroatoms. The number of benzene rings is 1. The van der Waals surface area contributed by atoms with E-state index in [1.54, 1.807) is 12.1 Å². The highest BCUT2D eigenvalue weighted by atomic mass is 35.5. The lowest BCUT2D eigenvalue weighted by atomic mass is 10.0. The summed E-state index contributed by atoms with van der Waals surface area (Å²) in [5.41, 5.74) is 2.62. The van der Waals surface area contributed by atoms with Crippen molar-refractivity contribution in [3.63, 3.8) is 0 Å². The van der Waals surface area contributed by atoms with E-state index in [4.69, 9.17) is 32.8 Å². The second-order valence-corrected chi connectivity index (χ2v) is 9.87. The summed E-state index contributed by atoms with van der Waals surface area (Å²) >= 11 is 12.9. The smallest absolute Gasteiger partial charge is 0.337 e. The molecule has 3 aliphatic rings. The molecule has 0 radical (unpaired) electrons. The van der Waals surface area contributed by atoms with Gasteiger partial charge in [0.25, 0.3) is 0 Å². The van der Waals surface area contributed by atoms with E-state index in [1.165, 1.54) is 6.20 Å². The molecule has 2 aromatic heterocycles. The number of aromatic carboxylic acids is 1. The summed E-state index contributed by atoms with van der Waals surface area (Å²) in [4.78, 5) is 17.6. The van der Waals surface area contributed by atoms with Crippen LogP contribution in [0.25, 0.3) is 17.3 Å². The maximum atomic E-state index is 11.0. The molecule has 1 saturated heterocycles. The van der Waals surface area contributed by atoms with E-state index < -0.39 is 5.97 Å². The maximum Gasteiger partial charge on any atom is 0.337 e. The summed E-state index contributed by atoms with van der Waals surface area (Å²) < 4.78 is 5.76. The quantitative estimate of drug-likeness (QED) is 0.463. The zero-order valence-electron chi connectivity index (χ0n) is 17.6. The van der Waals surface area contributed by atoms with Crippen LogP contribution in [-0.2, 0) is 0 Å². The van der Waals surface area contributed by atoms with Crippen LogP contribution in [0.5, 0.6) is 0 Å². The first-order valence-electron chi connectivity index (χ1n) is 11.1. The van der Waals surface area contributed by atoms with E-state index >= 15 is 0 Å². The lowest BCUT2D eigenvalue weighted by molar-refractivity contribution is 0.0696. The fourth-order valence-electron chi connectivity index (χ4n) is 4.97. The number of hydrogen-bond donors (Lipinski definition) is 1. The molecule has 1 aromatic carbocycles. The highest BCUT2D eigenvalue weighted by molar-refractivity contribution is 6.39. The predicted octanol–water partition coefficient (Wildman–Crippen LogP) is 6.01. The molecule has 2 aliphatic carbocycles. The Labute approximate surface area is 200 Å². The fourth-order valence-corrected chi connectivity index (χ4v) is 5.54. The average Bonchev–Trinajstić information content (AvgIpc) is 3.67. The van der Waals surface area contributed by atoms with Gasteiger partial charge in [0.2, 0.25) is 0 Å². The van der Waals surface area contributed by atoms with Gasteiger partial charge in [0.15, 0.2) is 0 Å². The Bertz CT molecular complexity index is 1230. The molecule has 6 rings (SSSR count). The van der Waals surface area contributed by atoms with Crippen molar-refractivity contribution in [3.8, 4) is 11.3 Å². The number of carbonyl (C=O) groups is 1. The number of hydrogen-bond acceptors (Lipinski definition) is 5. The number of carboxylic acid groups (broad SMARTS) is 1. The topological polar surface area (TPSA) is 79.5 Å². The molecule has 3 fully saturated rings. The van der Waals surface area contributed by atoms with Crippen LogP contribution in [0, 0.1) is 17.8 Å². The first-order chi connectivity index (χ1) is 16.0. The fraction of sp³-hybridized carbons (Fsp3) is 0.320. The van der Waals surface area contributed by atoms with Crippen molar-refractivity contribution in [1.82, 2.24) is 10.1 Å². The number of nitrogens with zero attached hydrogens (tertiary/aromatic N) is 3. The van der Waals surface area contributed by atoms with E-state index in [-0.39, 0.29) is 5.56 Å². The first-order valence-corrected chi connectivity index (χ1v) is 11.8. The molecule has 2 saturated carbocycles. The summed E-state index contributed by atoms with van der Waals surface area (Å²) in [7, 11) is 0. The third kappa shape index (κ3) is 3.71. The summed E-state index contributed by atoms with van der Waals surface area (Å²) in [6.07, 6.45) is 8.07. The monoisotopic (exact) mass is 481 g/mol. The van der Waals surface area contributed by atoms with Crippen LogP contribution in [0.3, 0.4) is 0 Å². The molecule has 2 atom stereocenters. The van der Waals surface area contributed by atoms with Gasteiger partial charge in [0.05, 0.1) is 15.6 Å². The Morgan fingerprint density at radius 2 is 1.85 bits per heavy atom. The number of pyridine rings is 1. The van der Waals surface area contributed by atoms with Gasteiger partial charge in [-0.25, -0.2) is 9.78 Å². The van der Waals surface area contributed by atoms with Gasteiger partial charge in [-0.15, -0.1) is 0 Å². The molecule has 33 heavy (non-hydrogen) atoms. The van der Waals surface area contributed by atoms with Gasteiger partial charge in [0, 0.05) is 36.3 Å². The minimum Gasteiger partial charge on any atom is -0.478 e. The maximum absolute atomic E-state index is 11.0. The first kappa shape index (κ1) is 20.8. The van der Waals surface area contributed by atoms with Crippen LogP contribution in [-0.4, -0.2) is 34.3 Å². The molecule has 1 N–H and O–H groups in total. The molecule has 6 nitrogen and oxygen atoms in total. The minimum atomic E-state index is -0.958. The molecule has 0 spiro atoms. The van der Waals surface area contributed by atoms with Crippen molar-refractivity contribution in [2.75, 3.05) is 18.0 Å². The number of rotatable bonds is 6. The molecule has 3 aromatic rings. The molecular weight excluding hydrogens is 461 g/mol. The number of aromatic nitrogens is 2. The van der Waals surface area contributed by atoms with Crippen LogP contribution in [0.15, 0.2) is 47.1 Å². The Hall–Kier alpha value is -2.83. The molecule has 1 aliphatic heterocycles. The molecule has 0 amide bonds. The summed E-state index contributed by atoms with van der Waals surface area (Å²) in [5, 5.41) is 14.5. The Kier molecular flexibility index (Phi) is 4.96. The number of anilines is 1. The van der Waals surface area contributed by atoms with Gasteiger partial charge in [0.1, 0.15) is 17.3 Å². The van der Waals surface area contributed by atoms with Gasteiger partial charge in [-0.05, 0) is 54.9 Å². The third-order valence-electron chi connectivity index (χ3n) is 6.97. The number of carboxylic acids is 1. The van der Waals surface area contributed by atoms with Crippen molar-refractivity contribution in [2.24, 2.45) is 17.8 Å². The number of piperidine rings is 1. The number of fused-ring (bicyclic) bond motifs is 1. The van der Waals surface area contributed by atoms with Gasteiger partial charge in [-0.2, -0.15) is 0 Å². The largest absolute Gasteiger partial charge is 0.478 e. The summed E-state index contributed by atoms with van der Waals surface area (Å²) in [6.45, 7) is 1.84. The Balaban J connectivity index is 1.20. The highest BCUT2D eigenvalue weighted by Gasteiger charge is 2.54. The van der Waals surface area contributed by atoms with Gasteiger partial charge in [-0.1, -0.05) is 46.6 Å². The second kappa shape index (κ2) is 7.89. The number of halogens is 2. The van der Waals surface area contributed by atoms with Gasteiger partial charge >= 0.3 is 5.97 Å². The second-order valence-electron chi connectivity index (χ2n) is 9.06. The van der Waals surface area contributed by atoms with Crippen LogP contribution in [0.1, 0.15) is 40.4 Å². The summed E-state index contributed by atoms with van der Waals surface area (Å²) in [5.74, 6) is 2.85. The molecule has 3 heterocycles. The van der Waals surface area contributed by atoms with Crippen LogP contribution in [0.4, 0.5) is 5.82 Å². The van der Waals surface area contributed by atoms with Gasteiger partial charge < -0.3 is 14.5 Å². The van der Waals surface area contributed by atoms with Crippen molar-refractivity contribution in [1.29, 1.82) is 0 Å². The van der Waals surface area contributed by atoms with Crippen LogP contribution >= 0.6 is 23.2 Å². The van der Waals surface area contributed by atoms with E-state index in [0.29, 0.717) is 45.0 Å². The molecule has 0 bridgehead atoms. The lowest BCUT2D eigenvalue weighted by Gasteiger charge is -2.20. The van der Waals surface area contributed by atoms with Crippen molar-refractivity contribution >= 4 is 41.1 Å². The highest BCUT2D eigenvalue weighted by Crippen LogP contribution is 2.54. The number of allylic oxidation sites excluding steroid dienone is 1. The molecule has 168 valence electrons. The van der Waals surface area contributed by atoms with Crippen molar-refractivity contribution in [3.05, 3.63) is 69.5 Å². The van der Waals surface area contributed by atoms with E-state index in [9.17, 15) is 4.79 Å². The van der Waals surface area contributed by atoms with Gasteiger partial charge in [-0.3, -0.25) is 0 Å². The lowest BCUT2D eigenvalue weighted by Crippen LogP contribution is -2.24. The van der Waals surface area contributed by atoms with E-state index in [0.717, 1.165) is 43.1 Å². The average molecular weight is 482 g/mol. The van der Waals surface area contributed by atoms with E-state index in [2.05, 4.69) is 27.2 Å². The normalized spacial score (nSPS) is 23.8. The standard InChI is InChI=1S/C25H21Cl2N3O3/c26-19-2-1-3-20(27)22(19)23-16(24(33-29-23)13-4-5-13)8-7-15-17-11-30(12-18(15)17)21-9-6-14(10-28-21)25(31)32/h1-3,6-10,13,15,17-18H,4-5,11-12H2,(H,31,32). The molecule has 2 unspecified atom stereocenters.